The van der Waals surface area contributed by atoms with Gasteiger partial charge in [-0.2, -0.15) is 0 Å². The molecule has 0 aliphatic carbocycles. The molecule has 3 rings (SSSR count). The molecule has 1 heterocycles. The van der Waals surface area contributed by atoms with Gasteiger partial charge in [0.1, 0.15) is 5.82 Å². The van der Waals surface area contributed by atoms with Crippen molar-refractivity contribution in [2.75, 3.05) is 18.6 Å². The van der Waals surface area contributed by atoms with Crippen LogP contribution in [-0.4, -0.2) is 41.7 Å². The van der Waals surface area contributed by atoms with Crippen molar-refractivity contribution in [1.29, 1.82) is 0 Å². The SMILES string of the molecule is CNS(=O)(=O)CCCSc1nnc(-c2ccc(F)cc2)n1-c1ccccc1. The number of hydrogen-bond acceptors (Lipinski definition) is 5. The molecule has 1 aromatic heterocycles. The van der Waals surface area contributed by atoms with Gasteiger partial charge in [-0.1, -0.05) is 30.0 Å². The summed E-state index contributed by atoms with van der Waals surface area (Å²) in [5.74, 6) is 0.923. The predicted octanol–water partition coefficient (Wildman–Crippen LogP) is 3.10. The molecule has 27 heavy (non-hydrogen) atoms. The fourth-order valence-corrected chi connectivity index (χ4v) is 4.28. The molecule has 0 spiro atoms. The van der Waals surface area contributed by atoms with E-state index in [4.69, 9.17) is 0 Å². The number of hydrogen-bond donors (Lipinski definition) is 1. The van der Waals surface area contributed by atoms with Crippen molar-refractivity contribution in [3.05, 3.63) is 60.4 Å². The van der Waals surface area contributed by atoms with Crippen LogP contribution in [0.3, 0.4) is 0 Å². The number of sulfonamides is 1. The van der Waals surface area contributed by atoms with E-state index in [1.807, 2.05) is 34.9 Å². The Kier molecular flexibility index (Phi) is 6.25. The van der Waals surface area contributed by atoms with Gasteiger partial charge in [0.2, 0.25) is 10.0 Å². The normalized spacial score (nSPS) is 11.6. The Morgan fingerprint density at radius 2 is 1.78 bits per heavy atom. The van der Waals surface area contributed by atoms with Crippen molar-refractivity contribution in [2.24, 2.45) is 0 Å². The Morgan fingerprint density at radius 3 is 2.44 bits per heavy atom. The Balaban J connectivity index is 1.87. The van der Waals surface area contributed by atoms with Gasteiger partial charge < -0.3 is 0 Å². The van der Waals surface area contributed by atoms with Crippen molar-refractivity contribution in [3.63, 3.8) is 0 Å². The standard InChI is InChI=1S/C18H19FN4O2S2/c1-20-27(24,25)13-5-12-26-18-22-21-17(14-8-10-15(19)11-9-14)23(18)16-6-3-2-4-7-16/h2-4,6-11,20H,5,12-13H2,1H3. The van der Waals surface area contributed by atoms with Gasteiger partial charge in [-0.05, 0) is 49.9 Å². The minimum Gasteiger partial charge on any atom is -0.270 e. The Morgan fingerprint density at radius 1 is 1.07 bits per heavy atom. The minimum atomic E-state index is -3.22. The van der Waals surface area contributed by atoms with E-state index in [2.05, 4.69) is 14.9 Å². The Labute approximate surface area is 161 Å². The molecule has 0 fully saturated rings. The van der Waals surface area contributed by atoms with Gasteiger partial charge in [-0.15, -0.1) is 10.2 Å². The predicted molar refractivity (Wildman–Crippen MR) is 105 cm³/mol. The highest BCUT2D eigenvalue weighted by Gasteiger charge is 2.16. The van der Waals surface area contributed by atoms with E-state index in [1.165, 1.54) is 30.9 Å². The topological polar surface area (TPSA) is 76.9 Å². The summed E-state index contributed by atoms with van der Waals surface area (Å²) in [6.07, 6.45) is 0.487. The second-order valence-corrected chi connectivity index (χ2v) is 8.82. The van der Waals surface area contributed by atoms with Crippen molar-refractivity contribution in [2.45, 2.75) is 11.6 Å². The maximum atomic E-state index is 13.3. The maximum absolute atomic E-state index is 13.3. The van der Waals surface area contributed by atoms with Crippen LogP contribution >= 0.6 is 11.8 Å². The van der Waals surface area contributed by atoms with Crippen molar-refractivity contribution < 1.29 is 12.8 Å². The number of para-hydroxylation sites is 1. The molecule has 3 aromatic rings. The second kappa shape index (κ2) is 8.64. The first-order chi connectivity index (χ1) is 13.0. The summed E-state index contributed by atoms with van der Waals surface area (Å²) in [4.78, 5) is 0. The fraction of sp³-hybridized carbons (Fsp3) is 0.222. The van der Waals surface area contributed by atoms with Crippen LogP contribution in [0.5, 0.6) is 0 Å². The average molecular weight is 407 g/mol. The number of rotatable bonds is 8. The molecule has 0 saturated carbocycles. The molecule has 1 N–H and O–H groups in total. The smallest absolute Gasteiger partial charge is 0.211 e. The zero-order chi connectivity index (χ0) is 19.3. The van der Waals surface area contributed by atoms with Crippen LogP contribution in [0.25, 0.3) is 17.1 Å². The molecule has 9 heteroatoms. The maximum Gasteiger partial charge on any atom is 0.211 e. The molecule has 0 atom stereocenters. The van der Waals surface area contributed by atoms with E-state index >= 15 is 0 Å². The molecule has 0 aliphatic rings. The average Bonchev–Trinajstić information content (AvgIpc) is 3.10. The summed E-state index contributed by atoms with van der Waals surface area (Å²) in [5, 5.41) is 9.19. The van der Waals surface area contributed by atoms with Crippen molar-refractivity contribution >= 4 is 21.8 Å². The van der Waals surface area contributed by atoms with Crippen LogP contribution in [-0.2, 0) is 10.0 Å². The highest BCUT2D eigenvalue weighted by atomic mass is 32.2. The van der Waals surface area contributed by atoms with Crippen LogP contribution in [0, 0.1) is 5.82 Å². The van der Waals surface area contributed by atoms with E-state index < -0.39 is 10.0 Å². The summed E-state index contributed by atoms with van der Waals surface area (Å²) >= 11 is 1.43. The fourth-order valence-electron chi connectivity index (χ4n) is 2.47. The van der Waals surface area contributed by atoms with E-state index in [0.717, 1.165) is 11.3 Å². The van der Waals surface area contributed by atoms with E-state index in [1.54, 1.807) is 12.1 Å². The molecule has 0 aliphatic heterocycles. The van der Waals surface area contributed by atoms with E-state index in [0.29, 0.717) is 23.2 Å². The highest BCUT2D eigenvalue weighted by Crippen LogP contribution is 2.28. The van der Waals surface area contributed by atoms with Crippen LogP contribution in [0.15, 0.2) is 59.8 Å². The molecule has 0 amide bonds. The van der Waals surface area contributed by atoms with Crippen molar-refractivity contribution in [1.82, 2.24) is 19.5 Å². The lowest BCUT2D eigenvalue weighted by molar-refractivity contribution is 0.587. The van der Waals surface area contributed by atoms with Gasteiger partial charge in [0.05, 0.1) is 5.75 Å². The van der Waals surface area contributed by atoms with Gasteiger partial charge in [0.25, 0.3) is 0 Å². The Bertz CT molecular complexity index is 990. The zero-order valence-corrected chi connectivity index (χ0v) is 16.3. The number of aromatic nitrogens is 3. The summed E-state index contributed by atoms with van der Waals surface area (Å²) < 4.78 is 40.5. The molecule has 0 bridgehead atoms. The van der Waals surface area contributed by atoms with E-state index in [9.17, 15) is 12.8 Å². The molecular weight excluding hydrogens is 387 g/mol. The molecule has 0 radical (unpaired) electrons. The van der Waals surface area contributed by atoms with E-state index in [-0.39, 0.29) is 11.6 Å². The minimum absolute atomic E-state index is 0.0563. The van der Waals surface area contributed by atoms with Gasteiger partial charge in [0.15, 0.2) is 11.0 Å². The third-order valence-electron chi connectivity index (χ3n) is 3.85. The molecule has 142 valence electrons. The molecule has 6 nitrogen and oxygen atoms in total. The summed E-state index contributed by atoms with van der Waals surface area (Å²) in [6, 6.07) is 15.7. The quantitative estimate of drug-likeness (QED) is 0.459. The molecular formula is C18H19FN4O2S2. The highest BCUT2D eigenvalue weighted by molar-refractivity contribution is 7.99. The number of nitrogens with zero attached hydrogens (tertiary/aromatic N) is 3. The van der Waals surface area contributed by atoms with Gasteiger partial charge in [-0.25, -0.2) is 17.5 Å². The third-order valence-corrected chi connectivity index (χ3v) is 6.31. The monoisotopic (exact) mass is 406 g/mol. The number of benzene rings is 2. The summed E-state index contributed by atoms with van der Waals surface area (Å²) in [6.45, 7) is 0. The molecule has 0 saturated heterocycles. The van der Waals surface area contributed by atoms with Gasteiger partial charge in [-0.3, -0.25) is 4.57 Å². The molecule has 0 unspecified atom stereocenters. The van der Waals surface area contributed by atoms with Crippen molar-refractivity contribution in [3.8, 4) is 17.1 Å². The lowest BCUT2D eigenvalue weighted by atomic mass is 10.2. The number of halogens is 1. The second-order valence-electron chi connectivity index (χ2n) is 5.71. The molecule has 2 aromatic carbocycles. The number of nitrogens with one attached hydrogen (secondary N) is 1. The van der Waals surface area contributed by atoms with Gasteiger partial charge in [0, 0.05) is 17.0 Å². The largest absolute Gasteiger partial charge is 0.270 e. The van der Waals surface area contributed by atoms with Crippen LogP contribution in [0.2, 0.25) is 0 Å². The van der Waals surface area contributed by atoms with Crippen LogP contribution in [0.4, 0.5) is 4.39 Å². The number of thioether (sulfide) groups is 1. The third kappa shape index (κ3) is 4.94. The first-order valence-corrected chi connectivity index (χ1v) is 10.9. The van der Waals surface area contributed by atoms with Gasteiger partial charge >= 0.3 is 0 Å². The lowest BCUT2D eigenvalue weighted by Crippen LogP contribution is -2.22. The van der Waals surface area contributed by atoms with Crippen LogP contribution in [0.1, 0.15) is 6.42 Å². The zero-order valence-electron chi connectivity index (χ0n) is 14.7. The Hall–Kier alpha value is -2.23. The lowest BCUT2D eigenvalue weighted by Gasteiger charge is -2.10. The summed E-state index contributed by atoms with van der Waals surface area (Å²) in [5.41, 5.74) is 1.63. The summed E-state index contributed by atoms with van der Waals surface area (Å²) in [7, 11) is -1.81. The first kappa shape index (κ1) is 19.5. The first-order valence-electron chi connectivity index (χ1n) is 8.31. The van der Waals surface area contributed by atoms with Crippen LogP contribution < -0.4 is 4.72 Å².